The van der Waals surface area contributed by atoms with Gasteiger partial charge in [0, 0.05) is 0 Å². The highest BCUT2D eigenvalue weighted by molar-refractivity contribution is 4.69. The zero-order valence-corrected chi connectivity index (χ0v) is 10.8. The molecule has 0 aromatic heterocycles. The molecule has 2 nitrogen and oxygen atoms in total. The molecule has 16 heavy (non-hydrogen) atoms. The molecule has 0 saturated carbocycles. The fraction of sp³-hybridized carbons (Fsp3) is 0.857. The van der Waals surface area contributed by atoms with Crippen LogP contribution in [0.2, 0.25) is 0 Å². The summed E-state index contributed by atoms with van der Waals surface area (Å²) in [5.74, 6) is 0. The van der Waals surface area contributed by atoms with Gasteiger partial charge in [0.1, 0.15) is 0 Å². The van der Waals surface area contributed by atoms with Crippen LogP contribution in [-0.2, 0) is 4.74 Å². The Kier molecular flexibility index (Phi) is 12.5. The largest absolute Gasteiger partial charge is 0.365 e. The van der Waals surface area contributed by atoms with Crippen molar-refractivity contribution >= 4 is 0 Å². The number of ether oxygens (including phenoxy) is 1. The van der Waals surface area contributed by atoms with E-state index in [4.69, 9.17) is 9.84 Å². The van der Waals surface area contributed by atoms with Crippen LogP contribution < -0.4 is 0 Å². The summed E-state index contributed by atoms with van der Waals surface area (Å²) in [5, 5.41) is 9.04. The summed E-state index contributed by atoms with van der Waals surface area (Å²) >= 11 is 0. The van der Waals surface area contributed by atoms with Crippen LogP contribution in [-0.4, -0.2) is 18.0 Å². The van der Waals surface area contributed by atoms with Gasteiger partial charge in [-0.3, -0.25) is 0 Å². The first-order valence-corrected chi connectivity index (χ1v) is 6.73. The van der Waals surface area contributed by atoms with E-state index in [9.17, 15) is 0 Å². The highest BCUT2D eigenvalue weighted by Crippen LogP contribution is 2.09. The van der Waals surface area contributed by atoms with Gasteiger partial charge in [0.05, 0.1) is 6.61 Å². The van der Waals surface area contributed by atoms with Crippen LogP contribution in [0.25, 0.3) is 0 Å². The fourth-order valence-electron chi connectivity index (χ4n) is 1.68. The normalized spacial score (nSPS) is 12.6. The van der Waals surface area contributed by atoms with Crippen LogP contribution in [0.15, 0.2) is 12.7 Å². The van der Waals surface area contributed by atoms with E-state index >= 15 is 0 Å². The molecular formula is C14H28O2. The molecule has 0 saturated heterocycles. The summed E-state index contributed by atoms with van der Waals surface area (Å²) in [7, 11) is 0. The molecule has 0 amide bonds. The molecule has 0 heterocycles. The van der Waals surface area contributed by atoms with Gasteiger partial charge in [0.25, 0.3) is 0 Å². The molecule has 0 aromatic carbocycles. The lowest BCUT2D eigenvalue weighted by Crippen LogP contribution is -2.08. The Hall–Kier alpha value is -0.340. The van der Waals surface area contributed by atoms with Crippen molar-refractivity contribution in [2.45, 2.75) is 71.0 Å². The third-order valence-electron chi connectivity index (χ3n) is 2.74. The average Bonchev–Trinajstić information content (AvgIpc) is 2.31. The van der Waals surface area contributed by atoms with Crippen LogP contribution in [0.5, 0.6) is 0 Å². The summed E-state index contributed by atoms with van der Waals surface area (Å²) in [4.78, 5) is 0. The van der Waals surface area contributed by atoms with Crippen LogP contribution in [0.3, 0.4) is 0 Å². The van der Waals surface area contributed by atoms with Crippen molar-refractivity contribution in [3.63, 3.8) is 0 Å². The molecule has 0 radical (unpaired) electrons. The van der Waals surface area contributed by atoms with Gasteiger partial charge in [-0.15, -0.1) is 0 Å². The van der Waals surface area contributed by atoms with E-state index in [1.54, 1.807) is 0 Å². The van der Waals surface area contributed by atoms with E-state index < -0.39 is 6.29 Å². The van der Waals surface area contributed by atoms with E-state index in [1.807, 2.05) is 0 Å². The first kappa shape index (κ1) is 15.7. The van der Waals surface area contributed by atoms with Crippen molar-refractivity contribution in [1.82, 2.24) is 0 Å². The first-order valence-electron chi connectivity index (χ1n) is 6.73. The third kappa shape index (κ3) is 11.7. The molecule has 2 heteroatoms. The molecule has 1 unspecified atom stereocenters. The Morgan fingerprint density at radius 3 is 2.00 bits per heavy atom. The van der Waals surface area contributed by atoms with Crippen LogP contribution in [0.1, 0.15) is 64.7 Å². The zero-order chi connectivity index (χ0) is 12.1. The van der Waals surface area contributed by atoms with Gasteiger partial charge in [0.15, 0.2) is 6.29 Å². The molecule has 1 N–H and O–H groups in total. The minimum Gasteiger partial charge on any atom is -0.365 e. The van der Waals surface area contributed by atoms with Crippen molar-refractivity contribution in [3.8, 4) is 0 Å². The summed E-state index contributed by atoms with van der Waals surface area (Å²) in [5.41, 5.74) is 0. The van der Waals surface area contributed by atoms with Crippen molar-refractivity contribution < 1.29 is 9.84 Å². The summed E-state index contributed by atoms with van der Waals surface area (Å²) in [6.45, 7) is 6.34. The number of rotatable bonds is 12. The minimum atomic E-state index is -0.783. The van der Waals surface area contributed by atoms with Crippen molar-refractivity contribution in [2.24, 2.45) is 0 Å². The molecule has 0 aliphatic heterocycles. The van der Waals surface area contributed by atoms with Crippen molar-refractivity contribution in [1.29, 1.82) is 0 Å². The van der Waals surface area contributed by atoms with Gasteiger partial charge in [-0.05, 0) is 12.5 Å². The van der Waals surface area contributed by atoms with E-state index in [0.717, 1.165) is 6.42 Å². The number of unbranched alkanes of at least 4 members (excludes halogenated alkanes) is 8. The Balaban J connectivity index is 2.96. The monoisotopic (exact) mass is 228 g/mol. The minimum absolute atomic E-state index is 0.642. The second kappa shape index (κ2) is 12.7. The summed E-state index contributed by atoms with van der Waals surface area (Å²) < 4.78 is 5.09. The summed E-state index contributed by atoms with van der Waals surface area (Å²) in [6.07, 6.45) is 12.4. The van der Waals surface area contributed by atoms with E-state index in [-0.39, 0.29) is 0 Å². The Bertz CT molecular complexity index is 146. The van der Waals surface area contributed by atoms with Crippen LogP contribution in [0, 0.1) is 0 Å². The average molecular weight is 228 g/mol. The standard InChI is InChI=1S/C14H28O2/c1-3-5-6-7-8-9-10-11-12-13-16-14(15)4-2/h4,14-15H,2-3,5-13H2,1H3. The Morgan fingerprint density at radius 2 is 1.50 bits per heavy atom. The fourth-order valence-corrected chi connectivity index (χ4v) is 1.68. The maximum absolute atomic E-state index is 9.04. The topological polar surface area (TPSA) is 29.5 Å². The Labute approximate surface area is 101 Å². The molecule has 0 spiro atoms. The number of hydrogen-bond acceptors (Lipinski definition) is 2. The molecule has 96 valence electrons. The lowest BCUT2D eigenvalue weighted by atomic mass is 10.1. The van der Waals surface area contributed by atoms with E-state index in [1.165, 1.54) is 57.4 Å². The maximum atomic E-state index is 9.04. The molecule has 0 rings (SSSR count). The second-order valence-electron chi connectivity index (χ2n) is 4.33. The predicted octanol–water partition coefficient (Wildman–Crippen LogP) is 4.04. The second-order valence-corrected chi connectivity index (χ2v) is 4.33. The molecule has 0 fully saturated rings. The van der Waals surface area contributed by atoms with Crippen molar-refractivity contribution in [2.75, 3.05) is 6.61 Å². The zero-order valence-electron chi connectivity index (χ0n) is 10.8. The smallest absolute Gasteiger partial charge is 0.173 e. The quantitative estimate of drug-likeness (QED) is 0.310. The highest BCUT2D eigenvalue weighted by atomic mass is 16.6. The van der Waals surface area contributed by atoms with Gasteiger partial charge < -0.3 is 9.84 Å². The molecular weight excluding hydrogens is 200 g/mol. The van der Waals surface area contributed by atoms with Gasteiger partial charge in [-0.2, -0.15) is 0 Å². The van der Waals surface area contributed by atoms with Gasteiger partial charge in [0.2, 0.25) is 0 Å². The third-order valence-corrected chi connectivity index (χ3v) is 2.74. The number of aliphatic hydroxyl groups excluding tert-OH is 1. The van der Waals surface area contributed by atoms with E-state index in [2.05, 4.69) is 13.5 Å². The summed E-state index contributed by atoms with van der Waals surface area (Å²) in [6, 6.07) is 0. The van der Waals surface area contributed by atoms with E-state index in [0.29, 0.717) is 6.61 Å². The van der Waals surface area contributed by atoms with Crippen molar-refractivity contribution in [3.05, 3.63) is 12.7 Å². The molecule has 0 aromatic rings. The van der Waals surface area contributed by atoms with Crippen LogP contribution >= 0.6 is 0 Å². The predicted molar refractivity (Wildman–Crippen MR) is 69.4 cm³/mol. The highest BCUT2D eigenvalue weighted by Gasteiger charge is 1.96. The number of hydrogen-bond donors (Lipinski definition) is 1. The first-order chi connectivity index (χ1) is 7.81. The molecule has 1 atom stereocenters. The SMILES string of the molecule is C=CC(O)OCCCCCCCCCCC. The number of aliphatic hydroxyl groups is 1. The van der Waals surface area contributed by atoms with Gasteiger partial charge in [-0.25, -0.2) is 0 Å². The molecule has 0 bridgehead atoms. The van der Waals surface area contributed by atoms with Crippen LogP contribution in [0.4, 0.5) is 0 Å². The molecule has 0 aliphatic rings. The van der Waals surface area contributed by atoms with Gasteiger partial charge >= 0.3 is 0 Å². The maximum Gasteiger partial charge on any atom is 0.173 e. The Morgan fingerprint density at radius 1 is 1.00 bits per heavy atom. The lowest BCUT2D eigenvalue weighted by molar-refractivity contribution is -0.0648. The lowest BCUT2D eigenvalue weighted by Gasteiger charge is -2.06. The molecule has 0 aliphatic carbocycles. The van der Waals surface area contributed by atoms with Gasteiger partial charge in [-0.1, -0.05) is 64.9 Å².